The van der Waals surface area contributed by atoms with Crippen molar-refractivity contribution in [3.8, 4) is 0 Å². The Hall–Kier alpha value is -2.49. The van der Waals surface area contributed by atoms with Crippen molar-refractivity contribution < 1.29 is 22.4 Å². The number of halogens is 2. The van der Waals surface area contributed by atoms with Crippen LogP contribution in [-0.4, -0.2) is 56.1 Å². The third kappa shape index (κ3) is 6.25. The van der Waals surface area contributed by atoms with Crippen LogP contribution in [0.2, 0.25) is 5.02 Å². The van der Waals surface area contributed by atoms with E-state index in [2.05, 4.69) is 5.32 Å². The Morgan fingerprint density at radius 3 is 2.19 bits per heavy atom. The van der Waals surface area contributed by atoms with E-state index in [1.54, 1.807) is 6.92 Å². The predicted molar refractivity (Wildman–Crippen MR) is 116 cm³/mol. The van der Waals surface area contributed by atoms with Crippen LogP contribution in [0.15, 0.2) is 53.4 Å². The molecule has 0 radical (unpaired) electrons. The Kier molecular flexibility index (Phi) is 8.55. The number of nitrogens with zero attached hydrogens (tertiary/aromatic N) is 2. The van der Waals surface area contributed by atoms with Crippen molar-refractivity contribution in [3.05, 3.63) is 64.9 Å². The van der Waals surface area contributed by atoms with Crippen LogP contribution >= 0.6 is 11.6 Å². The zero-order valence-corrected chi connectivity index (χ0v) is 19.1. The maximum atomic E-state index is 13.3. The van der Waals surface area contributed by atoms with Crippen LogP contribution in [0.1, 0.15) is 18.9 Å². The van der Waals surface area contributed by atoms with Crippen molar-refractivity contribution in [2.24, 2.45) is 0 Å². The number of amides is 2. The summed E-state index contributed by atoms with van der Waals surface area (Å²) in [6.07, 6.45) is 0.320. The molecule has 7 nitrogen and oxygen atoms in total. The first-order valence-corrected chi connectivity index (χ1v) is 11.4. The predicted octanol–water partition coefficient (Wildman–Crippen LogP) is 2.65. The van der Waals surface area contributed by atoms with Crippen molar-refractivity contribution in [3.63, 3.8) is 0 Å². The molecule has 0 aromatic heterocycles. The van der Waals surface area contributed by atoms with E-state index < -0.39 is 34.3 Å². The molecule has 0 saturated heterocycles. The normalized spacial score (nSPS) is 12.5. The molecule has 1 atom stereocenters. The number of carbonyl (C=O) groups excluding carboxylic acids is 2. The number of benzene rings is 2. The topological polar surface area (TPSA) is 86.8 Å². The van der Waals surface area contributed by atoms with E-state index in [1.807, 2.05) is 0 Å². The highest BCUT2D eigenvalue weighted by Crippen LogP contribution is 2.19. The van der Waals surface area contributed by atoms with Gasteiger partial charge in [0.2, 0.25) is 21.8 Å². The third-order valence-electron chi connectivity index (χ3n) is 4.78. The Morgan fingerprint density at radius 1 is 1.10 bits per heavy atom. The van der Waals surface area contributed by atoms with Gasteiger partial charge in [-0.15, -0.1) is 0 Å². The van der Waals surface area contributed by atoms with Crippen molar-refractivity contribution in [2.45, 2.75) is 30.8 Å². The Balaban J connectivity index is 2.29. The maximum Gasteiger partial charge on any atom is 0.243 e. The number of hydrogen-bond acceptors (Lipinski definition) is 4. The molecule has 0 aliphatic heterocycles. The monoisotopic (exact) mass is 469 g/mol. The van der Waals surface area contributed by atoms with Gasteiger partial charge in [0.15, 0.2) is 0 Å². The van der Waals surface area contributed by atoms with E-state index in [4.69, 9.17) is 11.6 Å². The van der Waals surface area contributed by atoms with Gasteiger partial charge >= 0.3 is 0 Å². The summed E-state index contributed by atoms with van der Waals surface area (Å²) >= 11 is 5.82. The van der Waals surface area contributed by atoms with Gasteiger partial charge < -0.3 is 10.2 Å². The Morgan fingerprint density at radius 2 is 1.68 bits per heavy atom. The summed E-state index contributed by atoms with van der Waals surface area (Å²) in [4.78, 5) is 26.8. The Bertz CT molecular complexity index is 1010. The molecular formula is C21H25ClFN3O4S. The highest BCUT2D eigenvalue weighted by Gasteiger charge is 2.31. The number of nitrogens with one attached hydrogen (secondary N) is 1. The fourth-order valence-corrected chi connectivity index (χ4v) is 4.27. The lowest BCUT2D eigenvalue weighted by molar-refractivity contribution is -0.141. The molecule has 10 heteroatoms. The van der Waals surface area contributed by atoms with Gasteiger partial charge in [0.25, 0.3) is 0 Å². The smallest absolute Gasteiger partial charge is 0.243 e. The molecule has 31 heavy (non-hydrogen) atoms. The molecule has 0 spiro atoms. The molecule has 2 aromatic rings. The van der Waals surface area contributed by atoms with Crippen LogP contribution in [0.25, 0.3) is 0 Å². The van der Waals surface area contributed by atoms with Gasteiger partial charge in [0.1, 0.15) is 11.9 Å². The van der Waals surface area contributed by atoms with Crippen LogP contribution in [0.3, 0.4) is 0 Å². The molecule has 0 heterocycles. The number of carbonyl (C=O) groups is 2. The van der Waals surface area contributed by atoms with E-state index in [9.17, 15) is 22.4 Å². The van der Waals surface area contributed by atoms with Crippen LogP contribution in [-0.2, 0) is 26.2 Å². The van der Waals surface area contributed by atoms with Crippen molar-refractivity contribution >= 4 is 33.4 Å². The summed E-state index contributed by atoms with van der Waals surface area (Å²) in [7, 11) is -1.19. The molecule has 0 bridgehead atoms. The molecule has 2 aromatic carbocycles. The molecule has 1 unspecified atom stereocenters. The Labute approximate surface area is 186 Å². The molecule has 2 amide bonds. The van der Waals surface area contributed by atoms with Gasteiger partial charge in [-0.05, 0) is 48.4 Å². The average Bonchev–Trinajstić information content (AvgIpc) is 2.74. The van der Waals surface area contributed by atoms with Crippen molar-refractivity contribution in [1.29, 1.82) is 0 Å². The molecular weight excluding hydrogens is 445 g/mol. The maximum absolute atomic E-state index is 13.3. The molecule has 0 saturated carbocycles. The number of sulfonamides is 1. The molecule has 0 fully saturated rings. The molecule has 0 aliphatic rings. The summed E-state index contributed by atoms with van der Waals surface area (Å²) in [6, 6.07) is 10.3. The first-order chi connectivity index (χ1) is 14.6. The largest absolute Gasteiger partial charge is 0.357 e. The standard InChI is InChI=1S/C21H25ClFN3O4S/c1-4-19(21(28)24-2)26(13-15-5-9-17(23)10-6-15)20(27)14-25(3)31(29,30)18-11-7-16(22)8-12-18/h5-12,19H,4,13-14H2,1-3H3,(H,24,28). The van der Waals surface area contributed by atoms with Gasteiger partial charge in [0.05, 0.1) is 11.4 Å². The van der Waals surface area contributed by atoms with Gasteiger partial charge in [-0.2, -0.15) is 4.31 Å². The lowest BCUT2D eigenvalue weighted by Crippen LogP contribution is -2.51. The van der Waals surface area contributed by atoms with Gasteiger partial charge in [-0.25, -0.2) is 12.8 Å². The lowest BCUT2D eigenvalue weighted by atomic mass is 10.1. The van der Waals surface area contributed by atoms with Crippen molar-refractivity contribution in [2.75, 3.05) is 20.6 Å². The zero-order chi connectivity index (χ0) is 23.2. The second kappa shape index (κ2) is 10.7. The van der Waals surface area contributed by atoms with E-state index in [0.29, 0.717) is 17.0 Å². The summed E-state index contributed by atoms with van der Waals surface area (Å²) in [5.41, 5.74) is 0.611. The lowest BCUT2D eigenvalue weighted by Gasteiger charge is -2.31. The second-order valence-electron chi connectivity index (χ2n) is 6.90. The van der Waals surface area contributed by atoms with Crippen LogP contribution in [0, 0.1) is 5.82 Å². The molecule has 1 N–H and O–H groups in total. The van der Waals surface area contributed by atoms with E-state index in [-0.39, 0.29) is 17.3 Å². The highest BCUT2D eigenvalue weighted by molar-refractivity contribution is 7.89. The summed E-state index contributed by atoms with van der Waals surface area (Å²) in [6.45, 7) is 1.30. The minimum atomic E-state index is -3.94. The van der Waals surface area contributed by atoms with Crippen LogP contribution < -0.4 is 5.32 Å². The van der Waals surface area contributed by atoms with Crippen molar-refractivity contribution in [1.82, 2.24) is 14.5 Å². The summed E-state index contributed by atoms with van der Waals surface area (Å²) in [5.74, 6) is -1.35. The first kappa shape index (κ1) is 24.8. The highest BCUT2D eigenvalue weighted by atomic mass is 35.5. The number of rotatable bonds is 9. The van der Waals surface area contributed by atoms with Gasteiger partial charge in [-0.3, -0.25) is 9.59 Å². The minimum Gasteiger partial charge on any atom is -0.357 e. The minimum absolute atomic E-state index is 0.00405. The second-order valence-corrected chi connectivity index (χ2v) is 9.38. The number of hydrogen-bond donors (Lipinski definition) is 1. The fraction of sp³-hybridized carbons (Fsp3) is 0.333. The van der Waals surface area contributed by atoms with Crippen LogP contribution in [0.5, 0.6) is 0 Å². The van der Waals surface area contributed by atoms with E-state index in [1.165, 1.54) is 67.5 Å². The molecule has 168 valence electrons. The molecule has 2 rings (SSSR count). The van der Waals surface area contributed by atoms with Crippen LogP contribution in [0.4, 0.5) is 4.39 Å². The first-order valence-electron chi connectivity index (χ1n) is 9.57. The van der Waals surface area contributed by atoms with E-state index >= 15 is 0 Å². The van der Waals surface area contributed by atoms with E-state index in [0.717, 1.165) is 4.31 Å². The average molecular weight is 470 g/mol. The quantitative estimate of drug-likeness (QED) is 0.611. The zero-order valence-electron chi connectivity index (χ0n) is 17.5. The summed E-state index contributed by atoms with van der Waals surface area (Å²) in [5, 5.41) is 2.91. The fourth-order valence-electron chi connectivity index (χ4n) is 3.03. The summed E-state index contributed by atoms with van der Waals surface area (Å²) < 4.78 is 39.8. The number of likely N-dealkylation sites (N-methyl/N-ethyl adjacent to an activating group) is 2. The van der Waals surface area contributed by atoms with Gasteiger partial charge in [0, 0.05) is 25.7 Å². The van der Waals surface area contributed by atoms with Gasteiger partial charge in [-0.1, -0.05) is 30.7 Å². The molecule has 0 aliphatic carbocycles. The SMILES string of the molecule is CCC(C(=O)NC)N(Cc1ccc(F)cc1)C(=O)CN(C)S(=O)(=O)c1ccc(Cl)cc1. The third-order valence-corrected chi connectivity index (χ3v) is 6.85.